The van der Waals surface area contributed by atoms with Gasteiger partial charge in [-0.2, -0.15) is 0 Å². The highest BCUT2D eigenvalue weighted by molar-refractivity contribution is 7.98. The molecule has 2 heterocycles. The van der Waals surface area contributed by atoms with Gasteiger partial charge in [-0.05, 0) is 30.3 Å². The zero-order valence-electron chi connectivity index (χ0n) is 13.1. The molecule has 2 aromatic heterocycles. The third-order valence-corrected chi connectivity index (χ3v) is 5.83. The highest BCUT2D eigenvalue weighted by Gasteiger charge is 2.15. The lowest BCUT2D eigenvalue weighted by Gasteiger charge is -2.13. The van der Waals surface area contributed by atoms with E-state index < -0.39 is 0 Å². The van der Waals surface area contributed by atoms with E-state index in [4.69, 9.17) is 23.2 Å². The topological polar surface area (TPSA) is 60.7 Å². The summed E-state index contributed by atoms with van der Waals surface area (Å²) in [5.41, 5.74) is 1.82. The maximum absolute atomic E-state index is 13.1. The molecule has 0 saturated heterocycles. The van der Waals surface area contributed by atoms with Gasteiger partial charge in [0.15, 0.2) is 5.16 Å². The molecular weight excluding hydrogens is 411 g/mol. The fraction of sp³-hybridized carbons (Fsp3) is 0.0588. The Balaban J connectivity index is 1.88. The normalized spacial score (nSPS) is 11.2. The van der Waals surface area contributed by atoms with Crippen LogP contribution in [0, 0.1) is 0 Å². The molecule has 0 amide bonds. The second-order valence-electron chi connectivity index (χ2n) is 5.31. The minimum Gasteiger partial charge on any atom is -0.268 e. The Bertz CT molecular complexity index is 1160. The van der Waals surface area contributed by atoms with E-state index in [9.17, 15) is 4.79 Å². The van der Waals surface area contributed by atoms with E-state index in [-0.39, 0.29) is 5.56 Å². The van der Waals surface area contributed by atoms with Crippen LogP contribution in [-0.2, 0) is 5.75 Å². The number of halogens is 2. The Morgan fingerprint density at radius 3 is 2.73 bits per heavy atom. The number of benzene rings is 2. The summed E-state index contributed by atoms with van der Waals surface area (Å²) in [5.74, 6) is 0.459. The average Bonchev–Trinajstić information content (AvgIpc) is 3.05. The van der Waals surface area contributed by atoms with Gasteiger partial charge < -0.3 is 0 Å². The molecule has 26 heavy (non-hydrogen) atoms. The number of rotatable bonds is 4. The molecule has 0 radical (unpaired) electrons. The first-order chi connectivity index (χ1) is 12.6. The monoisotopic (exact) mass is 420 g/mol. The Labute approximate surface area is 166 Å². The minimum absolute atomic E-state index is 0.150. The van der Waals surface area contributed by atoms with Crippen LogP contribution in [0.2, 0.25) is 9.36 Å². The summed E-state index contributed by atoms with van der Waals surface area (Å²) in [6.07, 6.45) is 0. The molecule has 0 atom stereocenters. The van der Waals surface area contributed by atoms with Crippen LogP contribution < -0.4 is 5.56 Å². The number of hydrogen-bond acceptors (Lipinski definition) is 6. The quantitative estimate of drug-likeness (QED) is 0.349. The molecule has 0 fully saturated rings. The predicted molar refractivity (Wildman–Crippen MR) is 107 cm³/mol. The Morgan fingerprint density at radius 2 is 1.96 bits per heavy atom. The molecule has 0 spiro atoms. The molecule has 4 aromatic rings. The molecule has 0 unspecified atom stereocenters. The van der Waals surface area contributed by atoms with Gasteiger partial charge in [0, 0.05) is 22.3 Å². The van der Waals surface area contributed by atoms with E-state index in [0.717, 1.165) is 11.5 Å². The lowest BCUT2D eigenvalue weighted by Crippen LogP contribution is -2.21. The first-order valence-electron chi connectivity index (χ1n) is 7.51. The largest absolute Gasteiger partial charge is 0.268 e. The second kappa shape index (κ2) is 7.36. The summed E-state index contributed by atoms with van der Waals surface area (Å²) in [4.78, 5) is 17.8. The third-order valence-electron chi connectivity index (χ3n) is 3.66. The molecule has 0 saturated carbocycles. The predicted octanol–water partition coefficient (Wildman–Crippen LogP) is 4.84. The van der Waals surface area contributed by atoms with Crippen LogP contribution in [0.3, 0.4) is 0 Å². The molecule has 0 bridgehead atoms. The summed E-state index contributed by atoms with van der Waals surface area (Å²) in [6.45, 7) is 0. The van der Waals surface area contributed by atoms with Gasteiger partial charge in [-0.25, -0.2) is 4.98 Å². The van der Waals surface area contributed by atoms with Gasteiger partial charge in [0.1, 0.15) is 10.0 Å². The van der Waals surface area contributed by atoms with Crippen molar-refractivity contribution in [2.24, 2.45) is 0 Å². The van der Waals surface area contributed by atoms with Crippen molar-refractivity contribution in [2.45, 2.75) is 10.9 Å². The van der Waals surface area contributed by atoms with Crippen molar-refractivity contribution < 1.29 is 0 Å². The number of aromatic nitrogens is 4. The zero-order chi connectivity index (χ0) is 18.1. The molecule has 9 heteroatoms. The summed E-state index contributed by atoms with van der Waals surface area (Å²) in [6, 6.07) is 14.4. The van der Waals surface area contributed by atoms with Crippen LogP contribution in [0.15, 0.2) is 58.5 Å². The molecule has 130 valence electrons. The van der Waals surface area contributed by atoms with Gasteiger partial charge in [0.05, 0.1) is 16.6 Å². The summed E-state index contributed by atoms with van der Waals surface area (Å²) >= 11 is 14.7. The van der Waals surface area contributed by atoms with Crippen molar-refractivity contribution in [3.05, 3.63) is 73.9 Å². The van der Waals surface area contributed by atoms with Gasteiger partial charge >= 0.3 is 0 Å². The fourth-order valence-corrected chi connectivity index (χ4v) is 4.40. The molecule has 0 N–H and O–H groups in total. The van der Waals surface area contributed by atoms with Gasteiger partial charge in [-0.3, -0.25) is 9.36 Å². The standard InChI is InChI=1S/C17H10Cl2N4OS2/c18-10-4-3-5-11(8-10)23-16(24)12-6-1-2-7-13(12)20-17(23)25-9-14-15(19)26-22-21-14/h1-8H,9H2. The SMILES string of the molecule is O=c1c2ccccc2nc(SCc2nnsc2Cl)n1-c1cccc(Cl)c1. The van der Waals surface area contributed by atoms with Gasteiger partial charge in [0.25, 0.3) is 5.56 Å². The van der Waals surface area contributed by atoms with Crippen molar-refractivity contribution in [2.75, 3.05) is 0 Å². The van der Waals surface area contributed by atoms with Crippen LogP contribution in [0.25, 0.3) is 16.6 Å². The third kappa shape index (κ3) is 3.35. The molecule has 4 rings (SSSR count). The van der Waals surface area contributed by atoms with E-state index in [1.54, 1.807) is 28.8 Å². The summed E-state index contributed by atoms with van der Waals surface area (Å²) in [7, 11) is 0. The van der Waals surface area contributed by atoms with Crippen LogP contribution in [0.1, 0.15) is 5.69 Å². The van der Waals surface area contributed by atoms with Crippen molar-refractivity contribution in [3.8, 4) is 5.69 Å². The van der Waals surface area contributed by atoms with Crippen molar-refractivity contribution in [1.82, 2.24) is 19.1 Å². The van der Waals surface area contributed by atoms with Crippen LogP contribution in [0.5, 0.6) is 0 Å². The van der Waals surface area contributed by atoms with E-state index in [1.165, 1.54) is 11.8 Å². The van der Waals surface area contributed by atoms with Crippen molar-refractivity contribution >= 4 is 57.4 Å². The van der Waals surface area contributed by atoms with E-state index in [0.29, 0.717) is 42.6 Å². The lowest BCUT2D eigenvalue weighted by atomic mass is 10.2. The van der Waals surface area contributed by atoms with Crippen LogP contribution in [-0.4, -0.2) is 19.1 Å². The first-order valence-corrected chi connectivity index (χ1v) is 10.0. The van der Waals surface area contributed by atoms with E-state index in [2.05, 4.69) is 14.6 Å². The highest BCUT2D eigenvalue weighted by Crippen LogP contribution is 2.28. The molecule has 0 aliphatic rings. The second-order valence-corrected chi connectivity index (χ2v) is 8.05. The number of hydrogen-bond donors (Lipinski definition) is 0. The van der Waals surface area contributed by atoms with Crippen molar-refractivity contribution in [3.63, 3.8) is 0 Å². The van der Waals surface area contributed by atoms with Crippen LogP contribution in [0.4, 0.5) is 0 Å². The Morgan fingerprint density at radius 1 is 1.12 bits per heavy atom. The summed E-state index contributed by atoms with van der Waals surface area (Å²) in [5, 5.41) is 5.65. The number of fused-ring (bicyclic) bond motifs is 1. The highest BCUT2D eigenvalue weighted by atomic mass is 35.5. The van der Waals surface area contributed by atoms with Gasteiger partial charge in [-0.15, -0.1) is 5.10 Å². The Kier molecular flexibility index (Phi) is 4.95. The average molecular weight is 421 g/mol. The van der Waals surface area contributed by atoms with E-state index in [1.807, 2.05) is 24.3 Å². The van der Waals surface area contributed by atoms with Crippen LogP contribution >= 0.6 is 46.5 Å². The Hall–Kier alpha value is -1.93. The zero-order valence-corrected chi connectivity index (χ0v) is 16.2. The van der Waals surface area contributed by atoms with E-state index >= 15 is 0 Å². The maximum Gasteiger partial charge on any atom is 0.266 e. The molecule has 5 nitrogen and oxygen atoms in total. The smallest absolute Gasteiger partial charge is 0.266 e. The molecule has 0 aliphatic heterocycles. The minimum atomic E-state index is -0.150. The maximum atomic E-state index is 13.1. The molecule has 2 aromatic carbocycles. The number of nitrogens with zero attached hydrogens (tertiary/aromatic N) is 4. The molecular formula is C17H10Cl2N4OS2. The molecule has 0 aliphatic carbocycles. The van der Waals surface area contributed by atoms with Crippen molar-refractivity contribution in [1.29, 1.82) is 0 Å². The van der Waals surface area contributed by atoms with Gasteiger partial charge in [0.2, 0.25) is 0 Å². The van der Waals surface area contributed by atoms with Gasteiger partial charge in [-0.1, -0.05) is 57.7 Å². The number of para-hydroxylation sites is 1. The number of thioether (sulfide) groups is 1. The summed E-state index contributed by atoms with van der Waals surface area (Å²) < 4.78 is 5.93. The fourth-order valence-electron chi connectivity index (χ4n) is 2.47. The first kappa shape index (κ1) is 17.5. The lowest BCUT2D eigenvalue weighted by molar-refractivity contribution is 0.819.